The third-order valence-electron chi connectivity index (χ3n) is 6.68. The van der Waals surface area contributed by atoms with Gasteiger partial charge in [0.15, 0.2) is 6.61 Å². The zero-order valence-electron chi connectivity index (χ0n) is 19.4. The largest absolute Gasteiger partial charge is 0.456 e. The molecule has 1 aliphatic carbocycles. The maximum atomic E-state index is 13.1. The van der Waals surface area contributed by atoms with Gasteiger partial charge in [-0.05, 0) is 55.5 Å². The number of halogens is 1. The Morgan fingerprint density at radius 1 is 1.06 bits per heavy atom. The maximum absolute atomic E-state index is 13.1. The smallest absolute Gasteiger partial charge is 0.308 e. The van der Waals surface area contributed by atoms with Crippen molar-refractivity contribution in [3.05, 3.63) is 57.2 Å². The van der Waals surface area contributed by atoms with Crippen LogP contribution in [0.5, 0.6) is 0 Å². The van der Waals surface area contributed by atoms with Gasteiger partial charge >= 0.3 is 5.97 Å². The fourth-order valence-corrected chi connectivity index (χ4v) is 5.94. The van der Waals surface area contributed by atoms with Gasteiger partial charge in [-0.3, -0.25) is 19.0 Å². The van der Waals surface area contributed by atoms with Crippen molar-refractivity contribution in [3.63, 3.8) is 0 Å². The van der Waals surface area contributed by atoms with Gasteiger partial charge in [0, 0.05) is 43.3 Å². The highest BCUT2D eigenvalue weighted by molar-refractivity contribution is 7.18. The summed E-state index contributed by atoms with van der Waals surface area (Å²) < 4.78 is 19.8. The van der Waals surface area contributed by atoms with E-state index in [0.717, 1.165) is 41.8 Å². The molecule has 0 atom stereocenters. The molecule has 1 amide bonds. The SMILES string of the molecule is O=C(CCn1cnc2sc3c(c2c1=O)CCCC3)OCC(=O)N1CCN(c2ccc(F)cc2)CC1. The van der Waals surface area contributed by atoms with Gasteiger partial charge in [0.05, 0.1) is 18.1 Å². The summed E-state index contributed by atoms with van der Waals surface area (Å²) >= 11 is 1.59. The molecule has 35 heavy (non-hydrogen) atoms. The minimum Gasteiger partial charge on any atom is -0.456 e. The normalized spacial score (nSPS) is 15.8. The molecule has 1 aromatic carbocycles. The number of fused-ring (bicyclic) bond motifs is 3. The van der Waals surface area contributed by atoms with Crippen molar-refractivity contribution in [2.75, 3.05) is 37.7 Å². The number of nitrogens with zero attached hydrogens (tertiary/aromatic N) is 4. The number of benzene rings is 1. The molecule has 0 bridgehead atoms. The monoisotopic (exact) mass is 498 g/mol. The molecule has 2 aromatic heterocycles. The zero-order valence-corrected chi connectivity index (χ0v) is 20.2. The van der Waals surface area contributed by atoms with E-state index in [1.807, 2.05) is 0 Å². The van der Waals surface area contributed by atoms with Crippen LogP contribution in [0.25, 0.3) is 10.2 Å². The van der Waals surface area contributed by atoms with Crippen LogP contribution in [-0.4, -0.2) is 59.1 Å². The number of carbonyl (C=O) groups is 2. The van der Waals surface area contributed by atoms with E-state index in [9.17, 15) is 18.8 Å². The molecular formula is C25H27FN4O4S. The molecule has 184 valence electrons. The van der Waals surface area contributed by atoms with Gasteiger partial charge in [-0.2, -0.15) is 0 Å². The molecule has 1 fully saturated rings. The lowest BCUT2D eigenvalue weighted by Crippen LogP contribution is -2.49. The Hall–Kier alpha value is -3.27. The number of amides is 1. The van der Waals surface area contributed by atoms with E-state index in [4.69, 9.17) is 4.74 Å². The number of esters is 1. The van der Waals surface area contributed by atoms with Crippen molar-refractivity contribution in [1.82, 2.24) is 14.5 Å². The first-order valence-corrected chi connectivity index (χ1v) is 12.7. The standard InChI is InChI=1S/C25H27FN4O4S/c26-17-5-7-18(8-6-17)28-11-13-29(14-12-28)21(31)15-34-22(32)9-10-30-16-27-24-23(25(30)33)19-3-1-2-4-20(19)35-24/h5-8,16H,1-4,9-15H2. The van der Waals surface area contributed by atoms with Gasteiger partial charge in [0.25, 0.3) is 11.5 Å². The Bertz CT molecular complexity index is 1300. The predicted octanol–water partition coefficient (Wildman–Crippen LogP) is 2.76. The highest BCUT2D eigenvalue weighted by Gasteiger charge is 2.23. The Labute approximate surface area is 205 Å². The first kappa shape index (κ1) is 23.5. The lowest BCUT2D eigenvalue weighted by atomic mass is 9.97. The van der Waals surface area contributed by atoms with Crippen molar-refractivity contribution in [3.8, 4) is 0 Å². The second kappa shape index (κ2) is 10.2. The van der Waals surface area contributed by atoms with Gasteiger partial charge in [-0.25, -0.2) is 9.37 Å². The topological polar surface area (TPSA) is 84.7 Å². The van der Waals surface area contributed by atoms with E-state index >= 15 is 0 Å². The van der Waals surface area contributed by atoms with Crippen LogP contribution in [0.15, 0.2) is 35.4 Å². The molecule has 0 saturated carbocycles. The zero-order chi connectivity index (χ0) is 24.4. The maximum Gasteiger partial charge on any atom is 0.308 e. The minimum atomic E-state index is -0.525. The predicted molar refractivity (Wildman–Crippen MR) is 131 cm³/mol. The number of carbonyl (C=O) groups excluding carboxylic acids is 2. The number of piperazine rings is 1. The lowest BCUT2D eigenvalue weighted by molar-refractivity contribution is -0.152. The number of aryl methyl sites for hydroxylation is 3. The quantitative estimate of drug-likeness (QED) is 0.486. The molecule has 1 aliphatic heterocycles. The molecule has 0 radical (unpaired) electrons. The Morgan fingerprint density at radius 3 is 2.57 bits per heavy atom. The molecule has 10 heteroatoms. The van der Waals surface area contributed by atoms with Gasteiger partial charge in [-0.15, -0.1) is 11.3 Å². The summed E-state index contributed by atoms with van der Waals surface area (Å²) in [5.74, 6) is -1.05. The van der Waals surface area contributed by atoms with Gasteiger partial charge < -0.3 is 14.5 Å². The van der Waals surface area contributed by atoms with Crippen LogP contribution in [-0.2, 0) is 33.7 Å². The van der Waals surface area contributed by atoms with Gasteiger partial charge in [0.1, 0.15) is 10.6 Å². The van der Waals surface area contributed by atoms with E-state index in [1.54, 1.807) is 28.4 Å². The molecule has 2 aliphatic rings. The van der Waals surface area contributed by atoms with Crippen molar-refractivity contribution in [2.45, 2.75) is 38.6 Å². The second-order valence-electron chi connectivity index (χ2n) is 8.89. The van der Waals surface area contributed by atoms with Crippen molar-refractivity contribution >= 4 is 39.1 Å². The summed E-state index contributed by atoms with van der Waals surface area (Å²) in [7, 11) is 0. The first-order valence-electron chi connectivity index (χ1n) is 11.9. The number of anilines is 1. The molecule has 0 N–H and O–H groups in total. The van der Waals surface area contributed by atoms with E-state index in [0.29, 0.717) is 31.6 Å². The van der Waals surface area contributed by atoms with Crippen molar-refractivity contribution < 1.29 is 18.7 Å². The van der Waals surface area contributed by atoms with E-state index in [-0.39, 0.29) is 36.9 Å². The van der Waals surface area contributed by atoms with Crippen molar-refractivity contribution in [2.24, 2.45) is 0 Å². The van der Waals surface area contributed by atoms with Gasteiger partial charge in [-0.1, -0.05) is 0 Å². The molecule has 5 rings (SSSR count). The Balaban J connectivity index is 1.10. The molecule has 3 aromatic rings. The molecule has 0 unspecified atom stereocenters. The van der Waals surface area contributed by atoms with Crippen LogP contribution in [0.2, 0.25) is 0 Å². The molecule has 8 nitrogen and oxygen atoms in total. The fourth-order valence-electron chi connectivity index (χ4n) is 4.72. The first-order chi connectivity index (χ1) is 17.0. The highest BCUT2D eigenvalue weighted by atomic mass is 32.1. The number of aromatic nitrogens is 2. The summed E-state index contributed by atoms with van der Waals surface area (Å²) in [6.07, 6.45) is 5.60. The molecule has 0 spiro atoms. The fraction of sp³-hybridized carbons (Fsp3) is 0.440. The van der Waals surface area contributed by atoms with Crippen LogP contribution < -0.4 is 10.5 Å². The summed E-state index contributed by atoms with van der Waals surface area (Å²) in [5.41, 5.74) is 1.92. The van der Waals surface area contributed by atoms with Crippen LogP contribution >= 0.6 is 11.3 Å². The van der Waals surface area contributed by atoms with Gasteiger partial charge in [0.2, 0.25) is 0 Å². The third kappa shape index (κ3) is 5.07. The van der Waals surface area contributed by atoms with E-state index in [1.165, 1.54) is 27.9 Å². The average Bonchev–Trinajstić information content (AvgIpc) is 3.27. The summed E-state index contributed by atoms with van der Waals surface area (Å²) in [4.78, 5) is 47.9. The Kier molecular flexibility index (Phi) is 6.81. The van der Waals surface area contributed by atoms with E-state index < -0.39 is 5.97 Å². The minimum absolute atomic E-state index is 0.00888. The lowest BCUT2D eigenvalue weighted by Gasteiger charge is -2.36. The number of thiophene rings is 1. The molecular weight excluding hydrogens is 471 g/mol. The summed E-state index contributed by atoms with van der Waals surface area (Å²) in [5, 5.41) is 0.690. The highest BCUT2D eigenvalue weighted by Crippen LogP contribution is 2.33. The van der Waals surface area contributed by atoms with Crippen LogP contribution in [0, 0.1) is 5.82 Å². The van der Waals surface area contributed by atoms with E-state index in [2.05, 4.69) is 9.88 Å². The number of hydrogen-bond donors (Lipinski definition) is 0. The van der Waals surface area contributed by atoms with Crippen molar-refractivity contribution in [1.29, 1.82) is 0 Å². The molecule has 1 saturated heterocycles. The number of hydrogen-bond acceptors (Lipinski definition) is 7. The number of rotatable bonds is 6. The average molecular weight is 499 g/mol. The van der Waals surface area contributed by atoms with Crippen LogP contribution in [0.4, 0.5) is 10.1 Å². The van der Waals surface area contributed by atoms with Crippen LogP contribution in [0.1, 0.15) is 29.7 Å². The number of ether oxygens (including phenoxy) is 1. The molecule has 3 heterocycles. The third-order valence-corrected chi connectivity index (χ3v) is 7.88. The summed E-state index contributed by atoms with van der Waals surface area (Å²) in [6.45, 7) is 2.08. The summed E-state index contributed by atoms with van der Waals surface area (Å²) in [6, 6.07) is 6.28. The Morgan fingerprint density at radius 2 is 1.80 bits per heavy atom. The second-order valence-corrected chi connectivity index (χ2v) is 9.97. The van der Waals surface area contributed by atoms with Crippen LogP contribution in [0.3, 0.4) is 0 Å².